The second-order valence-corrected chi connectivity index (χ2v) is 6.77. The first kappa shape index (κ1) is 18.1. The highest BCUT2D eigenvalue weighted by Gasteiger charge is 2.24. The molecule has 128 valence electrons. The average molecular weight is 394 g/mol. The summed E-state index contributed by atoms with van der Waals surface area (Å²) in [6, 6.07) is 6.40. The number of hydrogen-bond acceptors (Lipinski definition) is 4. The van der Waals surface area contributed by atoms with Crippen molar-refractivity contribution in [1.82, 2.24) is 4.90 Å². The first-order chi connectivity index (χ1) is 11.3. The Kier molecular flexibility index (Phi) is 5.72. The highest BCUT2D eigenvalue weighted by atomic mass is 79.9. The standard InChI is InChI=1S/C18H20BrNO4/c1-18(2,3)24-17(22)20-11-13(8-9-19)10-16(12-20)23-15-6-4-14(21)5-7-15/h4-11,21H,12H2,1-3H3. The van der Waals surface area contributed by atoms with Crippen molar-refractivity contribution in [3.8, 4) is 11.5 Å². The van der Waals surface area contributed by atoms with Gasteiger partial charge in [0, 0.05) is 6.20 Å². The third-order valence-electron chi connectivity index (χ3n) is 2.93. The van der Waals surface area contributed by atoms with Crippen LogP contribution in [0.5, 0.6) is 11.5 Å². The molecule has 6 heteroatoms. The summed E-state index contributed by atoms with van der Waals surface area (Å²) < 4.78 is 11.2. The zero-order chi connectivity index (χ0) is 17.7. The van der Waals surface area contributed by atoms with E-state index >= 15 is 0 Å². The van der Waals surface area contributed by atoms with Crippen LogP contribution >= 0.6 is 15.9 Å². The smallest absolute Gasteiger partial charge is 0.414 e. The molecule has 5 nitrogen and oxygen atoms in total. The van der Waals surface area contributed by atoms with Gasteiger partial charge in [0.25, 0.3) is 0 Å². The predicted octanol–water partition coefficient (Wildman–Crippen LogP) is 4.70. The number of carbonyl (C=O) groups is 1. The first-order valence-electron chi connectivity index (χ1n) is 7.42. The molecule has 1 aromatic carbocycles. The molecular formula is C18H20BrNO4. The van der Waals surface area contributed by atoms with E-state index in [1.807, 2.05) is 26.8 Å². The number of amides is 1. The van der Waals surface area contributed by atoms with Gasteiger partial charge in [-0.2, -0.15) is 0 Å². The van der Waals surface area contributed by atoms with Crippen LogP contribution in [0.4, 0.5) is 4.79 Å². The summed E-state index contributed by atoms with van der Waals surface area (Å²) >= 11 is 3.23. The van der Waals surface area contributed by atoms with Crippen LogP contribution in [0.25, 0.3) is 0 Å². The Bertz CT molecular complexity index is 684. The number of halogens is 1. The van der Waals surface area contributed by atoms with Crippen molar-refractivity contribution in [2.75, 3.05) is 6.54 Å². The van der Waals surface area contributed by atoms with Gasteiger partial charge in [0.15, 0.2) is 0 Å². The SMILES string of the molecule is CC(C)(C)OC(=O)N1C=C(C=CBr)C=C(Oc2ccc(O)cc2)C1. The summed E-state index contributed by atoms with van der Waals surface area (Å²) in [6.45, 7) is 5.72. The van der Waals surface area contributed by atoms with Crippen molar-refractivity contribution >= 4 is 22.0 Å². The van der Waals surface area contributed by atoms with Gasteiger partial charge in [-0.05, 0) is 67.7 Å². The Morgan fingerprint density at radius 3 is 2.54 bits per heavy atom. The minimum atomic E-state index is -0.574. The van der Waals surface area contributed by atoms with Crippen molar-refractivity contribution in [1.29, 1.82) is 0 Å². The van der Waals surface area contributed by atoms with Crippen LogP contribution in [0.2, 0.25) is 0 Å². The van der Waals surface area contributed by atoms with Crippen LogP contribution < -0.4 is 4.74 Å². The Labute approximate surface area is 150 Å². The van der Waals surface area contributed by atoms with Gasteiger partial charge in [-0.1, -0.05) is 15.9 Å². The monoisotopic (exact) mass is 393 g/mol. The van der Waals surface area contributed by atoms with Crippen LogP contribution in [0.1, 0.15) is 20.8 Å². The second kappa shape index (κ2) is 7.57. The molecular weight excluding hydrogens is 374 g/mol. The Hall–Kier alpha value is -2.21. The Morgan fingerprint density at radius 2 is 1.96 bits per heavy atom. The van der Waals surface area contributed by atoms with Crippen LogP contribution in [-0.4, -0.2) is 28.2 Å². The lowest BCUT2D eigenvalue weighted by molar-refractivity contribution is 0.0332. The molecule has 0 saturated carbocycles. The Morgan fingerprint density at radius 1 is 1.29 bits per heavy atom. The summed E-state index contributed by atoms with van der Waals surface area (Å²) in [6.07, 6.45) is 4.90. The molecule has 0 fully saturated rings. The van der Waals surface area contributed by atoms with E-state index in [-0.39, 0.29) is 12.3 Å². The molecule has 0 aromatic heterocycles. The zero-order valence-electron chi connectivity index (χ0n) is 13.8. The molecule has 0 unspecified atom stereocenters. The molecule has 24 heavy (non-hydrogen) atoms. The molecule has 0 radical (unpaired) electrons. The van der Waals surface area contributed by atoms with Gasteiger partial charge in [0.1, 0.15) is 22.9 Å². The Balaban J connectivity index is 2.18. The first-order valence-corrected chi connectivity index (χ1v) is 8.34. The third-order valence-corrected chi connectivity index (χ3v) is 3.19. The number of benzene rings is 1. The summed E-state index contributed by atoms with van der Waals surface area (Å²) in [5.41, 5.74) is 0.216. The van der Waals surface area contributed by atoms with Crippen LogP contribution in [0, 0.1) is 0 Å². The fraction of sp³-hybridized carbons (Fsp3) is 0.278. The molecule has 0 saturated heterocycles. The lowest BCUT2D eigenvalue weighted by atomic mass is 10.2. The number of aromatic hydroxyl groups is 1. The highest BCUT2D eigenvalue weighted by molar-refractivity contribution is 9.11. The minimum Gasteiger partial charge on any atom is -0.508 e. The number of allylic oxidation sites excluding steroid dienone is 3. The maximum Gasteiger partial charge on any atom is 0.414 e. The zero-order valence-corrected chi connectivity index (χ0v) is 15.4. The van der Waals surface area contributed by atoms with Crippen molar-refractivity contribution in [3.63, 3.8) is 0 Å². The lowest BCUT2D eigenvalue weighted by Gasteiger charge is -2.28. The van der Waals surface area contributed by atoms with Crippen molar-refractivity contribution in [3.05, 3.63) is 58.9 Å². The normalized spacial score (nSPS) is 15.1. The molecule has 1 N–H and O–H groups in total. The lowest BCUT2D eigenvalue weighted by Crippen LogP contribution is -2.36. The van der Waals surface area contributed by atoms with Gasteiger partial charge >= 0.3 is 6.09 Å². The number of ether oxygens (including phenoxy) is 2. The molecule has 1 aliphatic heterocycles. The van der Waals surface area contributed by atoms with E-state index in [1.54, 1.807) is 41.5 Å². The van der Waals surface area contributed by atoms with Crippen molar-refractivity contribution < 1.29 is 19.4 Å². The molecule has 0 spiro atoms. The van der Waals surface area contributed by atoms with E-state index in [4.69, 9.17) is 9.47 Å². The quantitative estimate of drug-likeness (QED) is 0.808. The van der Waals surface area contributed by atoms with Crippen LogP contribution in [0.3, 0.4) is 0 Å². The van der Waals surface area contributed by atoms with E-state index in [2.05, 4.69) is 15.9 Å². The van der Waals surface area contributed by atoms with Crippen molar-refractivity contribution in [2.24, 2.45) is 0 Å². The second-order valence-electron chi connectivity index (χ2n) is 6.24. The molecule has 2 rings (SSSR count). The van der Waals surface area contributed by atoms with E-state index in [0.717, 1.165) is 5.57 Å². The molecule has 1 heterocycles. The number of phenols is 1. The number of nitrogens with zero attached hydrogens (tertiary/aromatic N) is 1. The largest absolute Gasteiger partial charge is 0.508 e. The molecule has 0 bridgehead atoms. The molecule has 0 atom stereocenters. The highest BCUT2D eigenvalue weighted by Crippen LogP contribution is 2.23. The molecule has 1 aliphatic rings. The summed E-state index contributed by atoms with van der Waals surface area (Å²) in [5.74, 6) is 1.33. The van der Waals surface area contributed by atoms with E-state index in [1.165, 1.54) is 4.90 Å². The average Bonchev–Trinajstić information content (AvgIpc) is 2.48. The maximum absolute atomic E-state index is 12.3. The van der Waals surface area contributed by atoms with Gasteiger partial charge in [-0.3, -0.25) is 4.90 Å². The fourth-order valence-corrected chi connectivity index (χ4v) is 2.30. The summed E-state index contributed by atoms with van der Waals surface area (Å²) in [5, 5.41) is 9.33. The number of rotatable bonds is 3. The van der Waals surface area contributed by atoms with Gasteiger partial charge in [-0.25, -0.2) is 4.79 Å². The number of phenolic OH excluding ortho intramolecular Hbond substituents is 1. The van der Waals surface area contributed by atoms with Crippen LogP contribution in [-0.2, 0) is 4.74 Å². The third kappa shape index (κ3) is 5.45. The van der Waals surface area contributed by atoms with E-state index in [9.17, 15) is 9.90 Å². The number of hydrogen-bond donors (Lipinski definition) is 1. The predicted molar refractivity (Wildman–Crippen MR) is 95.9 cm³/mol. The summed E-state index contributed by atoms with van der Waals surface area (Å²) in [4.78, 5) is 15.5. The van der Waals surface area contributed by atoms with Gasteiger partial charge in [-0.15, -0.1) is 0 Å². The summed E-state index contributed by atoms with van der Waals surface area (Å²) in [7, 11) is 0. The van der Waals surface area contributed by atoms with Crippen molar-refractivity contribution in [2.45, 2.75) is 26.4 Å². The molecule has 0 aliphatic carbocycles. The topological polar surface area (TPSA) is 59.0 Å². The van der Waals surface area contributed by atoms with Crippen LogP contribution in [0.15, 0.2) is 58.9 Å². The number of carbonyl (C=O) groups excluding carboxylic acids is 1. The molecule has 1 aromatic rings. The minimum absolute atomic E-state index is 0.165. The molecule has 1 amide bonds. The van der Waals surface area contributed by atoms with Gasteiger partial charge in [0.05, 0.1) is 6.54 Å². The maximum atomic E-state index is 12.3. The van der Waals surface area contributed by atoms with Gasteiger partial charge < -0.3 is 14.6 Å². The fourth-order valence-electron chi connectivity index (χ4n) is 1.99. The van der Waals surface area contributed by atoms with Gasteiger partial charge in [0.2, 0.25) is 0 Å². The van der Waals surface area contributed by atoms with E-state index < -0.39 is 11.7 Å². The van der Waals surface area contributed by atoms with E-state index in [0.29, 0.717) is 11.5 Å².